The van der Waals surface area contributed by atoms with E-state index in [1.165, 1.54) is 0 Å². The fourth-order valence-corrected chi connectivity index (χ4v) is 2.92. The van der Waals surface area contributed by atoms with Gasteiger partial charge in [0, 0.05) is 5.41 Å². The second kappa shape index (κ2) is 4.39. The van der Waals surface area contributed by atoms with E-state index >= 15 is 0 Å². The Morgan fingerprint density at radius 2 is 2.17 bits per heavy atom. The van der Waals surface area contributed by atoms with Crippen LogP contribution >= 0.6 is 0 Å². The average molecular weight is 246 g/mol. The van der Waals surface area contributed by atoms with Crippen LogP contribution in [0.2, 0.25) is 0 Å². The standard InChI is InChI=1S/C15H18O3/c1-11-4-2-3-5-13(11)14(16)18-12-6-7-15(8-12)9-17-10-15/h2-5,12H,6-10H2,1H3. The van der Waals surface area contributed by atoms with Crippen LogP contribution in [0.4, 0.5) is 0 Å². The van der Waals surface area contributed by atoms with Gasteiger partial charge in [-0.1, -0.05) is 18.2 Å². The summed E-state index contributed by atoms with van der Waals surface area (Å²) in [5, 5.41) is 0. The molecule has 0 amide bonds. The number of hydrogen-bond acceptors (Lipinski definition) is 3. The van der Waals surface area contributed by atoms with E-state index in [0.29, 0.717) is 11.0 Å². The molecule has 1 aromatic rings. The summed E-state index contributed by atoms with van der Waals surface area (Å²) in [6.45, 7) is 3.61. The minimum atomic E-state index is -0.185. The third-order valence-electron chi connectivity index (χ3n) is 4.11. The predicted octanol–water partition coefficient (Wildman–Crippen LogP) is 2.72. The van der Waals surface area contributed by atoms with Crippen LogP contribution < -0.4 is 0 Å². The molecule has 0 radical (unpaired) electrons. The van der Waals surface area contributed by atoms with Crippen molar-refractivity contribution in [3.8, 4) is 0 Å². The molecule has 1 aliphatic carbocycles. The largest absolute Gasteiger partial charge is 0.459 e. The van der Waals surface area contributed by atoms with E-state index in [9.17, 15) is 4.79 Å². The second-order valence-corrected chi connectivity index (χ2v) is 5.58. The molecule has 1 unspecified atom stereocenters. The van der Waals surface area contributed by atoms with Gasteiger partial charge >= 0.3 is 5.97 Å². The summed E-state index contributed by atoms with van der Waals surface area (Å²) in [6.07, 6.45) is 3.13. The zero-order valence-corrected chi connectivity index (χ0v) is 10.6. The van der Waals surface area contributed by atoms with Gasteiger partial charge in [0.2, 0.25) is 0 Å². The second-order valence-electron chi connectivity index (χ2n) is 5.58. The Balaban J connectivity index is 1.64. The smallest absolute Gasteiger partial charge is 0.338 e. The first-order chi connectivity index (χ1) is 8.69. The first-order valence-corrected chi connectivity index (χ1v) is 6.53. The molecule has 1 spiro atoms. The fraction of sp³-hybridized carbons (Fsp3) is 0.533. The van der Waals surface area contributed by atoms with Crippen molar-refractivity contribution in [1.29, 1.82) is 0 Å². The van der Waals surface area contributed by atoms with Gasteiger partial charge in [-0.15, -0.1) is 0 Å². The lowest BCUT2D eigenvalue weighted by atomic mass is 9.84. The third-order valence-corrected chi connectivity index (χ3v) is 4.11. The maximum Gasteiger partial charge on any atom is 0.338 e. The van der Waals surface area contributed by atoms with E-state index in [4.69, 9.17) is 9.47 Å². The summed E-state index contributed by atoms with van der Waals surface area (Å²) < 4.78 is 10.9. The Bertz CT molecular complexity index is 463. The molecular weight excluding hydrogens is 228 g/mol. The fourth-order valence-electron chi connectivity index (χ4n) is 2.92. The third kappa shape index (κ3) is 2.03. The van der Waals surface area contributed by atoms with Crippen molar-refractivity contribution in [3.63, 3.8) is 0 Å². The highest BCUT2D eigenvalue weighted by Gasteiger charge is 2.46. The van der Waals surface area contributed by atoms with Gasteiger partial charge in [-0.05, 0) is 37.8 Å². The van der Waals surface area contributed by atoms with Gasteiger partial charge in [0.05, 0.1) is 18.8 Å². The molecule has 0 N–H and O–H groups in total. The lowest BCUT2D eigenvalue weighted by Crippen LogP contribution is -2.40. The average Bonchev–Trinajstić information content (AvgIpc) is 2.73. The predicted molar refractivity (Wildman–Crippen MR) is 67.5 cm³/mol. The summed E-state index contributed by atoms with van der Waals surface area (Å²) in [6, 6.07) is 7.57. The monoisotopic (exact) mass is 246 g/mol. The number of benzene rings is 1. The Hall–Kier alpha value is -1.35. The number of rotatable bonds is 2. The normalized spacial score (nSPS) is 24.8. The topological polar surface area (TPSA) is 35.5 Å². The molecule has 96 valence electrons. The molecule has 0 aromatic heterocycles. The van der Waals surface area contributed by atoms with Crippen molar-refractivity contribution in [1.82, 2.24) is 0 Å². The van der Waals surface area contributed by atoms with Crippen molar-refractivity contribution >= 4 is 5.97 Å². The molecule has 18 heavy (non-hydrogen) atoms. The minimum Gasteiger partial charge on any atom is -0.459 e. The van der Waals surface area contributed by atoms with Gasteiger partial charge in [-0.25, -0.2) is 4.79 Å². The van der Waals surface area contributed by atoms with E-state index in [0.717, 1.165) is 38.0 Å². The number of ether oxygens (including phenoxy) is 2. The molecular formula is C15H18O3. The van der Waals surface area contributed by atoms with Crippen LogP contribution in [0.25, 0.3) is 0 Å². The van der Waals surface area contributed by atoms with Crippen LogP contribution in [0.5, 0.6) is 0 Å². The molecule has 2 fully saturated rings. The number of esters is 1. The Kier molecular flexibility index (Phi) is 2.86. The maximum absolute atomic E-state index is 12.1. The number of hydrogen-bond donors (Lipinski definition) is 0. The highest BCUT2D eigenvalue weighted by molar-refractivity contribution is 5.91. The van der Waals surface area contributed by atoms with E-state index in [1.807, 2.05) is 31.2 Å². The molecule has 1 atom stereocenters. The first kappa shape index (κ1) is 11.7. The van der Waals surface area contributed by atoms with E-state index < -0.39 is 0 Å². The van der Waals surface area contributed by atoms with Crippen molar-refractivity contribution in [2.45, 2.75) is 32.3 Å². The first-order valence-electron chi connectivity index (χ1n) is 6.53. The minimum absolute atomic E-state index is 0.0704. The molecule has 1 heterocycles. The molecule has 1 aliphatic heterocycles. The molecule has 2 aliphatic rings. The van der Waals surface area contributed by atoms with Gasteiger partial charge < -0.3 is 9.47 Å². The Morgan fingerprint density at radius 1 is 1.39 bits per heavy atom. The van der Waals surface area contributed by atoms with Gasteiger partial charge in [0.25, 0.3) is 0 Å². The molecule has 1 saturated heterocycles. The van der Waals surface area contributed by atoms with E-state index in [-0.39, 0.29) is 12.1 Å². The summed E-state index contributed by atoms with van der Waals surface area (Å²) in [7, 11) is 0. The lowest BCUT2D eigenvalue weighted by Gasteiger charge is -2.37. The quantitative estimate of drug-likeness (QED) is 0.753. The summed E-state index contributed by atoms with van der Waals surface area (Å²) >= 11 is 0. The molecule has 0 bridgehead atoms. The van der Waals surface area contributed by atoms with Crippen LogP contribution in [0.15, 0.2) is 24.3 Å². The van der Waals surface area contributed by atoms with Crippen molar-refractivity contribution in [3.05, 3.63) is 35.4 Å². The zero-order chi connectivity index (χ0) is 12.6. The summed E-state index contributed by atoms with van der Waals surface area (Å²) in [5.41, 5.74) is 1.97. The van der Waals surface area contributed by atoms with Crippen molar-refractivity contribution in [2.24, 2.45) is 5.41 Å². The van der Waals surface area contributed by atoms with Gasteiger partial charge in [-0.2, -0.15) is 0 Å². The zero-order valence-electron chi connectivity index (χ0n) is 10.6. The van der Waals surface area contributed by atoms with Crippen molar-refractivity contribution < 1.29 is 14.3 Å². The van der Waals surface area contributed by atoms with Crippen molar-refractivity contribution in [2.75, 3.05) is 13.2 Å². The van der Waals surface area contributed by atoms with Crippen LogP contribution in [0.1, 0.15) is 35.2 Å². The molecule has 3 rings (SSSR count). The van der Waals surface area contributed by atoms with Crippen LogP contribution in [-0.4, -0.2) is 25.3 Å². The number of aryl methyl sites for hydroxylation is 1. The SMILES string of the molecule is Cc1ccccc1C(=O)OC1CCC2(COC2)C1. The van der Waals surface area contributed by atoms with Gasteiger partial charge in [0.1, 0.15) is 6.10 Å². The molecule has 3 heteroatoms. The Morgan fingerprint density at radius 3 is 2.78 bits per heavy atom. The van der Waals surface area contributed by atoms with Crippen LogP contribution in [-0.2, 0) is 9.47 Å². The maximum atomic E-state index is 12.1. The highest BCUT2D eigenvalue weighted by Crippen LogP contribution is 2.45. The Labute approximate surface area is 107 Å². The molecule has 1 saturated carbocycles. The summed E-state index contributed by atoms with van der Waals surface area (Å²) in [4.78, 5) is 12.1. The van der Waals surface area contributed by atoms with Gasteiger partial charge in [-0.3, -0.25) is 0 Å². The van der Waals surface area contributed by atoms with Crippen LogP contribution in [0, 0.1) is 12.3 Å². The van der Waals surface area contributed by atoms with Crippen LogP contribution in [0.3, 0.4) is 0 Å². The van der Waals surface area contributed by atoms with Gasteiger partial charge in [0.15, 0.2) is 0 Å². The van der Waals surface area contributed by atoms with E-state index in [2.05, 4.69) is 0 Å². The molecule has 1 aromatic carbocycles. The molecule has 3 nitrogen and oxygen atoms in total. The number of carbonyl (C=O) groups excluding carboxylic acids is 1. The van der Waals surface area contributed by atoms with E-state index in [1.54, 1.807) is 0 Å². The summed E-state index contributed by atoms with van der Waals surface area (Å²) in [5.74, 6) is -0.185. The highest BCUT2D eigenvalue weighted by atomic mass is 16.5. The number of carbonyl (C=O) groups is 1. The lowest BCUT2D eigenvalue weighted by molar-refractivity contribution is -0.113.